The quantitative estimate of drug-likeness (QED) is 0.840. The SMILES string of the molecule is O=C(O)c1cc(I)cn1-c1ccc2c(c1)OCO2. The van der Waals surface area contributed by atoms with Gasteiger partial charge >= 0.3 is 5.97 Å². The molecule has 2 heterocycles. The van der Waals surface area contributed by atoms with Crippen LogP contribution in [0.5, 0.6) is 11.5 Å². The zero-order valence-corrected chi connectivity index (χ0v) is 11.2. The smallest absolute Gasteiger partial charge is 0.352 e. The summed E-state index contributed by atoms with van der Waals surface area (Å²) in [6, 6.07) is 6.96. The Kier molecular flexibility index (Phi) is 2.66. The van der Waals surface area contributed by atoms with E-state index in [1.165, 1.54) is 0 Å². The fraction of sp³-hybridized carbons (Fsp3) is 0.0833. The first-order valence-electron chi connectivity index (χ1n) is 5.16. The van der Waals surface area contributed by atoms with Crippen molar-refractivity contribution in [3.63, 3.8) is 0 Å². The molecule has 0 aliphatic carbocycles. The third kappa shape index (κ3) is 1.82. The molecular weight excluding hydrogens is 349 g/mol. The number of benzene rings is 1. The Balaban J connectivity index is 2.12. The fourth-order valence-corrected chi connectivity index (χ4v) is 2.42. The summed E-state index contributed by atoms with van der Waals surface area (Å²) in [5.74, 6) is 0.348. The van der Waals surface area contributed by atoms with Crippen LogP contribution in [0.2, 0.25) is 0 Å². The van der Waals surface area contributed by atoms with Gasteiger partial charge in [0.1, 0.15) is 5.69 Å². The van der Waals surface area contributed by atoms with Gasteiger partial charge in [-0.2, -0.15) is 0 Å². The van der Waals surface area contributed by atoms with Crippen LogP contribution < -0.4 is 9.47 Å². The normalized spacial score (nSPS) is 12.7. The molecule has 6 heteroatoms. The number of aromatic nitrogens is 1. The van der Waals surface area contributed by atoms with Crippen LogP contribution in [-0.2, 0) is 0 Å². The maximum absolute atomic E-state index is 11.2. The van der Waals surface area contributed by atoms with E-state index in [0.29, 0.717) is 11.5 Å². The van der Waals surface area contributed by atoms with Crippen LogP contribution >= 0.6 is 22.6 Å². The number of rotatable bonds is 2. The van der Waals surface area contributed by atoms with Crippen molar-refractivity contribution >= 4 is 28.6 Å². The first kappa shape index (κ1) is 11.4. The van der Waals surface area contributed by atoms with Crippen molar-refractivity contribution in [2.45, 2.75) is 0 Å². The Labute approximate surface area is 116 Å². The van der Waals surface area contributed by atoms with E-state index in [-0.39, 0.29) is 12.5 Å². The average molecular weight is 357 g/mol. The minimum Gasteiger partial charge on any atom is -0.477 e. The van der Waals surface area contributed by atoms with Gasteiger partial charge in [0.15, 0.2) is 11.5 Å². The summed E-state index contributed by atoms with van der Waals surface area (Å²) in [6.07, 6.45) is 1.77. The lowest BCUT2D eigenvalue weighted by molar-refractivity contribution is 0.0688. The first-order chi connectivity index (χ1) is 8.65. The highest BCUT2D eigenvalue weighted by molar-refractivity contribution is 14.1. The molecule has 1 aliphatic rings. The van der Waals surface area contributed by atoms with Crippen molar-refractivity contribution in [3.8, 4) is 17.2 Å². The fourth-order valence-electron chi connectivity index (χ4n) is 1.84. The first-order valence-corrected chi connectivity index (χ1v) is 6.24. The second-order valence-corrected chi connectivity index (χ2v) is 5.00. The third-order valence-corrected chi connectivity index (χ3v) is 3.23. The summed E-state index contributed by atoms with van der Waals surface area (Å²) >= 11 is 2.08. The number of nitrogens with zero attached hydrogens (tertiary/aromatic N) is 1. The largest absolute Gasteiger partial charge is 0.477 e. The molecule has 0 spiro atoms. The van der Waals surface area contributed by atoms with Crippen molar-refractivity contribution < 1.29 is 19.4 Å². The molecule has 0 fully saturated rings. The average Bonchev–Trinajstić information content (AvgIpc) is 2.93. The molecule has 1 aliphatic heterocycles. The third-order valence-electron chi connectivity index (χ3n) is 2.64. The maximum atomic E-state index is 11.2. The molecule has 18 heavy (non-hydrogen) atoms. The highest BCUT2D eigenvalue weighted by atomic mass is 127. The van der Waals surface area contributed by atoms with E-state index in [1.54, 1.807) is 35.0 Å². The number of fused-ring (bicyclic) bond motifs is 1. The zero-order chi connectivity index (χ0) is 12.7. The molecule has 0 saturated heterocycles. The van der Waals surface area contributed by atoms with Crippen molar-refractivity contribution in [1.29, 1.82) is 0 Å². The summed E-state index contributed by atoms with van der Waals surface area (Å²) in [6.45, 7) is 0.202. The summed E-state index contributed by atoms with van der Waals surface area (Å²) in [5, 5.41) is 9.15. The molecule has 2 aromatic rings. The van der Waals surface area contributed by atoms with Gasteiger partial charge in [-0.15, -0.1) is 0 Å². The predicted octanol–water partition coefficient (Wildman–Crippen LogP) is 2.51. The maximum Gasteiger partial charge on any atom is 0.352 e. The molecule has 3 rings (SSSR count). The molecule has 0 amide bonds. The Morgan fingerprint density at radius 1 is 1.28 bits per heavy atom. The summed E-state index contributed by atoms with van der Waals surface area (Å²) in [4.78, 5) is 11.2. The van der Waals surface area contributed by atoms with Crippen LogP contribution in [-0.4, -0.2) is 22.4 Å². The van der Waals surface area contributed by atoms with E-state index in [0.717, 1.165) is 9.26 Å². The van der Waals surface area contributed by atoms with Gasteiger partial charge in [-0.1, -0.05) is 0 Å². The number of hydrogen-bond donors (Lipinski definition) is 1. The van der Waals surface area contributed by atoms with Gasteiger partial charge < -0.3 is 19.1 Å². The van der Waals surface area contributed by atoms with Gasteiger partial charge in [-0.25, -0.2) is 4.79 Å². The Hall–Kier alpha value is -1.70. The lowest BCUT2D eigenvalue weighted by Crippen LogP contribution is -2.05. The van der Waals surface area contributed by atoms with Crippen LogP contribution in [0, 0.1) is 3.57 Å². The highest BCUT2D eigenvalue weighted by Crippen LogP contribution is 2.34. The number of carboxylic acid groups (broad SMARTS) is 1. The van der Waals surface area contributed by atoms with Crippen LogP contribution in [0.1, 0.15) is 10.5 Å². The second-order valence-electron chi connectivity index (χ2n) is 3.76. The van der Waals surface area contributed by atoms with Crippen molar-refractivity contribution in [1.82, 2.24) is 4.57 Å². The number of hydrogen-bond acceptors (Lipinski definition) is 3. The summed E-state index contributed by atoms with van der Waals surface area (Å²) in [7, 11) is 0. The topological polar surface area (TPSA) is 60.7 Å². The molecule has 1 N–H and O–H groups in total. The van der Waals surface area contributed by atoms with Crippen molar-refractivity contribution in [2.24, 2.45) is 0 Å². The van der Waals surface area contributed by atoms with Crippen molar-refractivity contribution in [2.75, 3.05) is 6.79 Å². The van der Waals surface area contributed by atoms with E-state index in [1.807, 2.05) is 0 Å². The summed E-state index contributed by atoms with van der Waals surface area (Å²) in [5.41, 5.74) is 0.956. The molecule has 5 nitrogen and oxygen atoms in total. The van der Waals surface area contributed by atoms with E-state index < -0.39 is 5.97 Å². The monoisotopic (exact) mass is 357 g/mol. The minimum atomic E-state index is -0.962. The lowest BCUT2D eigenvalue weighted by atomic mass is 10.2. The van der Waals surface area contributed by atoms with E-state index in [9.17, 15) is 4.79 Å². The standard InChI is InChI=1S/C12H8INO4/c13-7-3-9(12(15)16)14(5-7)8-1-2-10-11(4-8)18-6-17-10/h1-5H,6H2,(H,15,16). The molecule has 92 valence electrons. The van der Waals surface area contributed by atoms with Crippen LogP contribution in [0.25, 0.3) is 5.69 Å². The number of carboxylic acids is 1. The van der Waals surface area contributed by atoms with Crippen LogP contribution in [0.15, 0.2) is 30.5 Å². The van der Waals surface area contributed by atoms with Gasteiger partial charge in [-0.3, -0.25) is 0 Å². The number of halogens is 1. The molecule has 1 aromatic heterocycles. The molecule has 0 bridgehead atoms. The number of aromatic carboxylic acids is 1. The molecular formula is C12H8INO4. The van der Waals surface area contributed by atoms with Crippen LogP contribution in [0.4, 0.5) is 0 Å². The van der Waals surface area contributed by atoms with E-state index in [2.05, 4.69) is 22.6 Å². The molecule has 0 atom stereocenters. The minimum absolute atomic E-state index is 0.202. The van der Waals surface area contributed by atoms with Gasteiger partial charge in [0.05, 0.1) is 0 Å². The molecule has 0 radical (unpaired) electrons. The number of carbonyl (C=O) groups is 1. The Morgan fingerprint density at radius 3 is 2.83 bits per heavy atom. The van der Waals surface area contributed by atoms with Gasteiger partial charge in [0.25, 0.3) is 0 Å². The molecule has 0 unspecified atom stereocenters. The Morgan fingerprint density at radius 2 is 2.06 bits per heavy atom. The van der Waals surface area contributed by atoms with Gasteiger partial charge in [0.2, 0.25) is 6.79 Å². The predicted molar refractivity (Wildman–Crippen MR) is 71.6 cm³/mol. The highest BCUT2D eigenvalue weighted by Gasteiger charge is 2.17. The van der Waals surface area contributed by atoms with Gasteiger partial charge in [-0.05, 0) is 40.8 Å². The van der Waals surface area contributed by atoms with Gasteiger partial charge in [0, 0.05) is 21.5 Å². The van der Waals surface area contributed by atoms with Crippen LogP contribution in [0.3, 0.4) is 0 Å². The molecule has 0 saturated carbocycles. The molecule has 1 aromatic carbocycles. The second kappa shape index (κ2) is 4.20. The Bertz CT molecular complexity index is 635. The summed E-state index contributed by atoms with van der Waals surface area (Å²) < 4.78 is 13.0. The zero-order valence-electron chi connectivity index (χ0n) is 9.09. The van der Waals surface area contributed by atoms with E-state index >= 15 is 0 Å². The number of ether oxygens (including phenoxy) is 2. The van der Waals surface area contributed by atoms with E-state index in [4.69, 9.17) is 14.6 Å². The lowest BCUT2D eigenvalue weighted by Gasteiger charge is -2.06. The van der Waals surface area contributed by atoms with Crippen molar-refractivity contribution in [3.05, 3.63) is 39.7 Å².